The second-order valence-corrected chi connectivity index (χ2v) is 5.34. The Morgan fingerprint density at radius 3 is 2.69 bits per heavy atom. The Bertz CT molecular complexity index is 715. The van der Waals surface area contributed by atoms with Gasteiger partial charge in [0.25, 0.3) is 0 Å². The summed E-state index contributed by atoms with van der Waals surface area (Å²) in [5.74, 6) is 1.04. The van der Waals surface area contributed by atoms with Gasteiger partial charge in [0, 0.05) is 25.4 Å². The van der Waals surface area contributed by atoms with Crippen molar-refractivity contribution in [2.24, 2.45) is 4.99 Å². The molecule has 0 aliphatic rings. The SMILES string of the molecule is CN=C(NCc1cccnc1OC)NCC(C)Oc1ccccc1F.I. The van der Waals surface area contributed by atoms with Gasteiger partial charge in [-0.3, -0.25) is 4.99 Å². The Labute approximate surface area is 170 Å². The third-order valence-corrected chi connectivity index (χ3v) is 3.43. The Kier molecular flexibility index (Phi) is 9.71. The molecule has 1 unspecified atom stereocenters. The maximum absolute atomic E-state index is 13.6. The van der Waals surface area contributed by atoms with Crippen LogP contribution in [0, 0.1) is 5.82 Å². The molecular weight excluding hydrogens is 450 g/mol. The van der Waals surface area contributed by atoms with Crippen LogP contribution in [0.1, 0.15) is 12.5 Å². The van der Waals surface area contributed by atoms with E-state index in [0.29, 0.717) is 24.9 Å². The zero-order valence-corrected chi connectivity index (χ0v) is 17.4. The van der Waals surface area contributed by atoms with Crippen LogP contribution in [0.3, 0.4) is 0 Å². The molecule has 1 aromatic carbocycles. The first-order valence-electron chi connectivity index (χ1n) is 7.97. The summed E-state index contributed by atoms with van der Waals surface area (Å²) >= 11 is 0. The average Bonchev–Trinajstić information content (AvgIpc) is 2.64. The summed E-state index contributed by atoms with van der Waals surface area (Å²) in [6.07, 6.45) is 1.44. The van der Waals surface area contributed by atoms with E-state index in [2.05, 4.69) is 20.6 Å². The second kappa shape index (κ2) is 11.5. The molecule has 1 heterocycles. The van der Waals surface area contributed by atoms with Gasteiger partial charge in [0.2, 0.25) is 5.88 Å². The number of halogens is 2. The van der Waals surface area contributed by atoms with E-state index in [9.17, 15) is 4.39 Å². The van der Waals surface area contributed by atoms with Crippen LogP contribution in [0.4, 0.5) is 4.39 Å². The first-order chi connectivity index (χ1) is 12.1. The highest BCUT2D eigenvalue weighted by atomic mass is 127. The van der Waals surface area contributed by atoms with E-state index in [1.165, 1.54) is 6.07 Å². The standard InChI is InChI=1S/C18H23FN4O2.HI/c1-13(25-16-9-5-4-8-15(16)19)11-22-18(20-2)23-12-14-7-6-10-21-17(14)24-3;/h4-10,13H,11-12H2,1-3H3,(H2,20,22,23);1H. The van der Waals surface area contributed by atoms with Crippen molar-refractivity contribution in [1.82, 2.24) is 15.6 Å². The molecule has 2 aromatic rings. The molecule has 0 aliphatic carbocycles. The van der Waals surface area contributed by atoms with Crippen LogP contribution in [0.5, 0.6) is 11.6 Å². The number of hydrogen-bond acceptors (Lipinski definition) is 4. The summed E-state index contributed by atoms with van der Waals surface area (Å²) in [7, 11) is 3.26. The lowest BCUT2D eigenvalue weighted by Gasteiger charge is -2.18. The van der Waals surface area contributed by atoms with Crippen LogP contribution in [0.15, 0.2) is 47.6 Å². The molecule has 2 rings (SSSR count). The molecule has 2 N–H and O–H groups in total. The van der Waals surface area contributed by atoms with Crippen LogP contribution in [0.2, 0.25) is 0 Å². The molecule has 0 bridgehead atoms. The molecule has 1 atom stereocenters. The fourth-order valence-corrected chi connectivity index (χ4v) is 2.18. The molecule has 142 valence electrons. The number of aliphatic imine (C=N–C) groups is 1. The number of hydrogen-bond donors (Lipinski definition) is 2. The average molecular weight is 474 g/mol. The third kappa shape index (κ3) is 6.66. The number of rotatable bonds is 7. The van der Waals surface area contributed by atoms with Gasteiger partial charge in [-0.25, -0.2) is 9.37 Å². The lowest BCUT2D eigenvalue weighted by molar-refractivity contribution is 0.214. The molecule has 6 nitrogen and oxygen atoms in total. The van der Waals surface area contributed by atoms with Gasteiger partial charge >= 0.3 is 0 Å². The van der Waals surface area contributed by atoms with Gasteiger partial charge < -0.3 is 20.1 Å². The van der Waals surface area contributed by atoms with E-state index >= 15 is 0 Å². The molecule has 0 saturated carbocycles. The van der Waals surface area contributed by atoms with Crippen molar-refractivity contribution < 1.29 is 13.9 Å². The van der Waals surface area contributed by atoms with Crippen LogP contribution >= 0.6 is 24.0 Å². The van der Waals surface area contributed by atoms with E-state index in [1.807, 2.05) is 19.1 Å². The molecule has 0 amide bonds. The maximum atomic E-state index is 13.6. The van der Waals surface area contributed by atoms with Crippen molar-refractivity contribution in [3.63, 3.8) is 0 Å². The molecule has 0 spiro atoms. The second-order valence-electron chi connectivity index (χ2n) is 5.34. The predicted molar refractivity (Wildman–Crippen MR) is 111 cm³/mol. The summed E-state index contributed by atoms with van der Waals surface area (Å²) < 4.78 is 24.4. The maximum Gasteiger partial charge on any atom is 0.218 e. The number of para-hydroxylation sites is 1. The molecule has 1 aromatic heterocycles. The molecule has 26 heavy (non-hydrogen) atoms. The Balaban J connectivity index is 0.00000338. The number of guanidine groups is 1. The van der Waals surface area contributed by atoms with Gasteiger partial charge in [0.15, 0.2) is 17.5 Å². The minimum atomic E-state index is -0.375. The Hall–Kier alpha value is -2.10. The molecular formula is C18H24FIN4O2. The lowest BCUT2D eigenvalue weighted by atomic mass is 10.2. The smallest absolute Gasteiger partial charge is 0.218 e. The number of nitrogens with zero attached hydrogens (tertiary/aromatic N) is 2. The van der Waals surface area contributed by atoms with Gasteiger partial charge in [-0.1, -0.05) is 18.2 Å². The van der Waals surface area contributed by atoms with Crippen LogP contribution in [-0.4, -0.2) is 37.7 Å². The topological polar surface area (TPSA) is 67.8 Å². The highest BCUT2D eigenvalue weighted by Crippen LogP contribution is 2.16. The first kappa shape index (κ1) is 21.9. The largest absolute Gasteiger partial charge is 0.486 e. The van der Waals surface area contributed by atoms with Gasteiger partial charge in [0.05, 0.1) is 13.7 Å². The monoisotopic (exact) mass is 474 g/mol. The lowest BCUT2D eigenvalue weighted by Crippen LogP contribution is -2.41. The van der Waals surface area contributed by atoms with Crippen molar-refractivity contribution in [1.29, 1.82) is 0 Å². The van der Waals surface area contributed by atoms with Gasteiger partial charge in [-0.2, -0.15) is 0 Å². The van der Waals surface area contributed by atoms with Gasteiger partial charge in [-0.05, 0) is 25.1 Å². The Morgan fingerprint density at radius 2 is 2.00 bits per heavy atom. The fourth-order valence-electron chi connectivity index (χ4n) is 2.18. The molecule has 8 heteroatoms. The highest BCUT2D eigenvalue weighted by Gasteiger charge is 2.09. The van der Waals surface area contributed by atoms with Crippen LogP contribution < -0.4 is 20.1 Å². The summed E-state index contributed by atoms with van der Waals surface area (Å²) in [4.78, 5) is 8.31. The molecule has 0 radical (unpaired) electrons. The number of ether oxygens (including phenoxy) is 2. The van der Waals surface area contributed by atoms with Crippen LogP contribution in [-0.2, 0) is 6.54 Å². The third-order valence-electron chi connectivity index (χ3n) is 3.43. The minimum Gasteiger partial charge on any atom is -0.486 e. The number of benzene rings is 1. The fraction of sp³-hybridized carbons (Fsp3) is 0.333. The molecule has 0 saturated heterocycles. The minimum absolute atomic E-state index is 0. The van der Waals surface area contributed by atoms with Crippen molar-refractivity contribution >= 4 is 29.9 Å². The molecule has 0 fully saturated rings. The number of aromatic nitrogens is 1. The molecule has 0 aliphatic heterocycles. The quantitative estimate of drug-likeness (QED) is 0.367. The van der Waals surface area contributed by atoms with E-state index in [0.717, 1.165) is 5.56 Å². The van der Waals surface area contributed by atoms with E-state index < -0.39 is 0 Å². The van der Waals surface area contributed by atoms with Crippen molar-refractivity contribution in [3.8, 4) is 11.6 Å². The van der Waals surface area contributed by atoms with E-state index in [1.54, 1.807) is 38.6 Å². The van der Waals surface area contributed by atoms with Crippen molar-refractivity contribution in [3.05, 3.63) is 54.0 Å². The normalized spacial score (nSPS) is 11.9. The van der Waals surface area contributed by atoms with Crippen molar-refractivity contribution in [2.75, 3.05) is 20.7 Å². The summed E-state index contributed by atoms with van der Waals surface area (Å²) in [5, 5.41) is 6.33. The highest BCUT2D eigenvalue weighted by molar-refractivity contribution is 14.0. The van der Waals surface area contributed by atoms with Crippen LogP contribution in [0.25, 0.3) is 0 Å². The number of pyridine rings is 1. The Morgan fingerprint density at radius 1 is 1.23 bits per heavy atom. The first-order valence-corrected chi connectivity index (χ1v) is 7.97. The van der Waals surface area contributed by atoms with Gasteiger partial charge in [-0.15, -0.1) is 24.0 Å². The van der Waals surface area contributed by atoms with Gasteiger partial charge in [0.1, 0.15) is 6.10 Å². The van der Waals surface area contributed by atoms with Crippen molar-refractivity contribution in [2.45, 2.75) is 19.6 Å². The summed E-state index contributed by atoms with van der Waals surface area (Å²) in [6.45, 7) is 2.84. The zero-order valence-electron chi connectivity index (χ0n) is 15.0. The number of methoxy groups -OCH3 is 1. The summed E-state index contributed by atoms with van der Waals surface area (Å²) in [5.41, 5.74) is 0.920. The summed E-state index contributed by atoms with van der Waals surface area (Å²) in [6, 6.07) is 10.1. The van der Waals surface area contributed by atoms with E-state index in [-0.39, 0.29) is 41.6 Å². The van der Waals surface area contributed by atoms with E-state index in [4.69, 9.17) is 9.47 Å². The number of nitrogens with one attached hydrogen (secondary N) is 2. The predicted octanol–water partition coefficient (Wildman–Crippen LogP) is 2.98. The zero-order chi connectivity index (χ0) is 18.1.